The molecule has 28 heavy (non-hydrogen) atoms. The summed E-state index contributed by atoms with van der Waals surface area (Å²) in [5, 5.41) is 0. The minimum Gasteiger partial charge on any atom is -0.497 e. The van der Waals surface area contributed by atoms with Crippen LogP contribution < -0.4 is 9.47 Å². The van der Waals surface area contributed by atoms with Crippen molar-refractivity contribution in [3.05, 3.63) is 53.6 Å². The van der Waals surface area contributed by atoms with E-state index in [9.17, 15) is 9.59 Å². The van der Waals surface area contributed by atoms with Crippen molar-refractivity contribution < 1.29 is 23.8 Å². The number of methoxy groups -OCH3 is 3. The number of thioether (sulfide) groups is 1. The van der Waals surface area contributed by atoms with Crippen LogP contribution in [0.1, 0.15) is 11.1 Å². The fraction of sp³-hybridized carbons (Fsp3) is 0.333. The third-order valence-electron chi connectivity index (χ3n) is 4.13. The minimum absolute atomic E-state index is 0.122. The Kier molecular flexibility index (Phi) is 8.19. The summed E-state index contributed by atoms with van der Waals surface area (Å²) in [5.41, 5.74) is 1.91. The Morgan fingerprint density at radius 3 is 2.21 bits per heavy atom. The number of carbonyl (C=O) groups excluding carboxylic acids is 2. The molecule has 2 rings (SSSR count). The zero-order valence-electron chi connectivity index (χ0n) is 16.6. The van der Waals surface area contributed by atoms with E-state index in [1.54, 1.807) is 20.3 Å². The molecular weight excluding hydrogens is 378 g/mol. The molecular formula is C21H25NO5S. The van der Waals surface area contributed by atoms with Gasteiger partial charge in [-0.3, -0.25) is 9.59 Å². The molecule has 2 aromatic carbocycles. The van der Waals surface area contributed by atoms with Crippen LogP contribution in [0.5, 0.6) is 11.5 Å². The van der Waals surface area contributed by atoms with E-state index < -0.39 is 5.97 Å². The zero-order chi connectivity index (χ0) is 20.5. The standard InChI is InChI=1S/C21H25NO5S/c1-15-7-5-6-8-19(15)28-14-20(23)22(13-21(24)27-4)12-16-9-17(25-2)11-18(10-16)26-3/h5-11H,12-14H2,1-4H3. The van der Waals surface area contributed by atoms with Crippen molar-refractivity contribution in [3.8, 4) is 11.5 Å². The van der Waals surface area contributed by atoms with E-state index in [4.69, 9.17) is 14.2 Å². The summed E-state index contributed by atoms with van der Waals surface area (Å²) in [6.07, 6.45) is 0. The third kappa shape index (κ3) is 6.20. The molecule has 0 aliphatic rings. The van der Waals surface area contributed by atoms with Crippen LogP contribution in [0, 0.1) is 6.92 Å². The Morgan fingerprint density at radius 1 is 1.00 bits per heavy atom. The van der Waals surface area contributed by atoms with E-state index in [2.05, 4.69) is 0 Å². The molecule has 0 saturated carbocycles. The average molecular weight is 404 g/mol. The minimum atomic E-state index is -0.468. The van der Waals surface area contributed by atoms with Crippen molar-refractivity contribution in [1.29, 1.82) is 0 Å². The highest BCUT2D eigenvalue weighted by atomic mass is 32.2. The second-order valence-electron chi connectivity index (χ2n) is 6.10. The molecule has 0 radical (unpaired) electrons. The number of hydrogen-bond donors (Lipinski definition) is 0. The molecule has 0 bridgehead atoms. The van der Waals surface area contributed by atoms with Crippen LogP contribution in [0.3, 0.4) is 0 Å². The van der Waals surface area contributed by atoms with Crippen molar-refractivity contribution in [2.75, 3.05) is 33.6 Å². The van der Waals surface area contributed by atoms with Crippen LogP contribution >= 0.6 is 11.8 Å². The summed E-state index contributed by atoms with van der Waals surface area (Å²) >= 11 is 1.45. The normalized spacial score (nSPS) is 10.3. The number of hydrogen-bond acceptors (Lipinski definition) is 6. The Balaban J connectivity index is 2.16. The van der Waals surface area contributed by atoms with Crippen molar-refractivity contribution in [3.63, 3.8) is 0 Å². The molecule has 0 N–H and O–H groups in total. The van der Waals surface area contributed by atoms with Crippen LogP contribution in [0.4, 0.5) is 0 Å². The van der Waals surface area contributed by atoms with Crippen molar-refractivity contribution in [2.45, 2.75) is 18.4 Å². The van der Waals surface area contributed by atoms with Crippen molar-refractivity contribution in [1.82, 2.24) is 4.90 Å². The molecule has 150 valence electrons. The van der Waals surface area contributed by atoms with Gasteiger partial charge in [-0.05, 0) is 36.2 Å². The lowest BCUT2D eigenvalue weighted by Gasteiger charge is -2.22. The smallest absolute Gasteiger partial charge is 0.325 e. The highest BCUT2D eigenvalue weighted by Crippen LogP contribution is 2.25. The molecule has 2 aromatic rings. The molecule has 0 heterocycles. The van der Waals surface area contributed by atoms with Crippen LogP contribution in [-0.4, -0.2) is 50.4 Å². The first-order valence-electron chi connectivity index (χ1n) is 8.71. The summed E-state index contributed by atoms with van der Waals surface area (Å²) in [6.45, 7) is 2.13. The first kappa shape index (κ1) is 21.6. The highest BCUT2D eigenvalue weighted by molar-refractivity contribution is 8.00. The molecule has 0 saturated heterocycles. The summed E-state index contributed by atoms with van der Waals surface area (Å²) < 4.78 is 15.3. The average Bonchev–Trinajstić information content (AvgIpc) is 2.71. The lowest BCUT2D eigenvalue weighted by Crippen LogP contribution is -2.36. The molecule has 0 aromatic heterocycles. The van der Waals surface area contributed by atoms with E-state index in [0.29, 0.717) is 11.5 Å². The largest absolute Gasteiger partial charge is 0.497 e. The number of benzene rings is 2. The van der Waals surface area contributed by atoms with Gasteiger partial charge >= 0.3 is 5.97 Å². The maximum absolute atomic E-state index is 12.8. The van der Waals surface area contributed by atoms with Gasteiger partial charge < -0.3 is 19.1 Å². The molecule has 1 amide bonds. The van der Waals surface area contributed by atoms with Gasteiger partial charge in [-0.2, -0.15) is 0 Å². The van der Waals surface area contributed by atoms with Gasteiger partial charge in [0.1, 0.15) is 18.0 Å². The van der Waals surface area contributed by atoms with E-state index in [0.717, 1.165) is 16.0 Å². The summed E-state index contributed by atoms with van der Waals surface area (Å²) in [5.74, 6) is 0.843. The Bertz CT molecular complexity index is 802. The third-order valence-corrected chi connectivity index (χ3v) is 5.29. The molecule has 0 aliphatic heterocycles. The number of ether oxygens (including phenoxy) is 3. The molecule has 0 unspecified atom stereocenters. The molecule has 0 spiro atoms. The van der Waals surface area contributed by atoms with Gasteiger partial charge in [0, 0.05) is 17.5 Å². The quantitative estimate of drug-likeness (QED) is 0.473. The van der Waals surface area contributed by atoms with Gasteiger partial charge in [0.15, 0.2) is 0 Å². The second-order valence-corrected chi connectivity index (χ2v) is 7.12. The van der Waals surface area contributed by atoms with Gasteiger partial charge in [-0.25, -0.2) is 0 Å². The first-order valence-corrected chi connectivity index (χ1v) is 9.70. The van der Waals surface area contributed by atoms with Gasteiger partial charge in [0.2, 0.25) is 5.91 Å². The lowest BCUT2D eigenvalue weighted by atomic mass is 10.2. The molecule has 0 fully saturated rings. The first-order chi connectivity index (χ1) is 13.5. The Morgan fingerprint density at radius 2 is 1.64 bits per heavy atom. The molecule has 0 aliphatic carbocycles. The fourth-order valence-electron chi connectivity index (χ4n) is 2.58. The maximum atomic E-state index is 12.8. The number of esters is 1. The van der Waals surface area contributed by atoms with E-state index in [1.165, 1.54) is 23.8 Å². The van der Waals surface area contributed by atoms with Crippen molar-refractivity contribution in [2.24, 2.45) is 0 Å². The van der Waals surface area contributed by atoms with Crippen molar-refractivity contribution >= 4 is 23.6 Å². The SMILES string of the molecule is COC(=O)CN(Cc1cc(OC)cc(OC)c1)C(=O)CSc1ccccc1C. The zero-order valence-corrected chi connectivity index (χ0v) is 17.4. The fourth-order valence-corrected chi connectivity index (χ4v) is 3.51. The number of carbonyl (C=O) groups is 2. The topological polar surface area (TPSA) is 65.1 Å². The second kappa shape index (κ2) is 10.6. The summed E-state index contributed by atoms with van der Waals surface area (Å²) in [7, 11) is 4.44. The van der Waals surface area contributed by atoms with E-state index in [1.807, 2.05) is 43.3 Å². The predicted molar refractivity (Wildman–Crippen MR) is 109 cm³/mol. The lowest BCUT2D eigenvalue weighted by molar-refractivity contribution is -0.146. The van der Waals surface area contributed by atoms with Crippen LogP contribution in [-0.2, 0) is 20.9 Å². The predicted octanol–water partition coefficient (Wildman–Crippen LogP) is 3.31. The Hall–Kier alpha value is -2.67. The van der Waals surface area contributed by atoms with E-state index >= 15 is 0 Å². The highest BCUT2D eigenvalue weighted by Gasteiger charge is 2.19. The van der Waals surface area contributed by atoms with Gasteiger partial charge in [0.05, 0.1) is 27.1 Å². The summed E-state index contributed by atoms with van der Waals surface area (Å²) in [4.78, 5) is 27.2. The summed E-state index contributed by atoms with van der Waals surface area (Å²) in [6, 6.07) is 13.3. The van der Waals surface area contributed by atoms with Gasteiger partial charge in [-0.1, -0.05) is 18.2 Å². The maximum Gasteiger partial charge on any atom is 0.325 e. The monoisotopic (exact) mass is 403 g/mol. The molecule has 7 heteroatoms. The number of amides is 1. The van der Waals surface area contributed by atoms with Crippen LogP contribution in [0.15, 0.2) is 47.4 Å². The van der Waals surface area contributed by atoms with Crippen LogP contribution in [0.2, 0.25) is 0 Å². The molecule has 6 nitrogen and oxygen atoms in total. The van der Waals surface area contributed by atoms with Gasteiger partial charge in [-0.15, -0.1) is 11.8 Å². The number of nitrogens with zero attached hydrogens (tertiary/aromatic N) is 1. The van der Waals surface area contributed by atoms with Gasteiger partial charge in [0.25, 0.3) is 0 Å². The van der Waals surface area contributed by atoms with Crippen LogP contribution in [0.25, 0.3) is 0 Å². The van der Waals surface area contributed by atoms with E-state index in [-0.39, 0.29) is 24.7 Å². The molecule has 0 atom stereocenters. The number of rotatable bonds is 9. The number of aryl methyl sites for hydroxylation is 1. The Labute approximate surface area is 169 Å².